The molecule has 2 heterocycles. The fourth-order valence-corrected chi connectivity index (χ4v) is 4.23. The van der Waals surface area contributed by atoms with Crippen LogP contribution in [0.5, 0.6) is 0 Å². The third-order valence-electron chi connectivity index (χ3n) is 4.80. The largest absolute Gasteiger partial charge is 0.378 e. The first-order valence-electron chi connectivity index (χ1n) is 9.08. The molecule has 152 valence electrons. The minimum atomic E-state index is -3.22. The lowest BCUT2D eigenvalue weighted by atomic mass is 10.0. The first-order chi connectivity index (χ1) is 13.3. The van der Waals surface area contributed by atoms with Crippen LogP contribution in [-0.2, 0) is 27.8 Å². The van der Waals surface area contributed by atoms with Crippen LogP contribution >= 0.6 is 0 Å². The number of hydrogen-bond donors (Lipinski definition) is 0. The van der Waals surface area contributed by atoms with Crippen molar-refractivity contribution >= 4 is 15.8 Å². The zero-order valence-corrected chi connectivity index (χ0v) is 17.2. The summed E-state index contributed by atoms with van der Waals surface area (Å²) < 4.78 is 44.6. The molecule has 0 spiro atoms. The lowest BCUT2D eigenvalue weighted by Crippen LogP contribution is -2.49. The number of sulfonamides is 1. The molecule has 0 bridgehead atoms. The quantitative estimate of drug-likeness (QED) is 0.725. The van der Waals surface area contributed by atoms with Crippen molar-refractivity contribution in [3.63, 3.8) is 0 Å². The molecule has 0 N–H and O–H groups in total. The van der Waals surface area contributed by atoms with Gasteiger partial charge in [-0.05, 0) is 18.6 Å². The van der Waals surface area contributed by atoms with Crippen LogP contribution in [0.2, 0.25) is 0 Å². The lowest BCUT2D eigenvalue weighted by Gasteiger charge is -2.35. The first kappa shape index (κ1) is 20.6. The molecule has 28 heavy (non-hydrogen) atoms. The minimum Gasteiger partial charge on any atom is -0.378 e. The molecular weight excluding hydrogens is 383 g/mol. The van der Waals surface area contributed by atoms with Crippen LogP contribution in [0.25, 0.3) is 0 Å². The Morgan fingerprint density at radius 3 is 2.43 bits per heavy atom. The average molecular weight is 408 g/mol. The predicted octanol–water partition coefficient (Wildman–Crippen LogP) is 1.74. The van der Waals surface area contributed by atoms with E-state index in [1.165, 1.54) is 16.6 Å². The van der Waals surface area contributed by atoms with Gasteiger partial charge >= 0.3 is 0 Å². The molecule has 0 radical (unpaired) electrons. The highest BCUT2D eigenvalue weighted by molar-refractivity contribution is 7.88. The number of nitrogens with zero attached hydrogens (tertiary/aromatic N) is 4. The molecule has 7 nitrogen and oxygen atoms in total. The molecule has 9 heteroatoms. The Morgan fingerprint density at radius 2 is 1.82 bits per heavy atom. The van der Waals surface area contributed by atoms with Crippen LogP contribution in [0, 0.1) is 12.7 Å². The maximum atomic E-state index is 14.3. The van der Waals surface area contributed by atoms with Crippen LogP contribution < -0.4 is 4.90 Å². The van der Waals surface area contributed by atoms with E-state index >= 15 is 0 Å². The molecule has 0 unspecified atom stereocenters. The number of halogens is 1. The number of benzene rings is 1. The van der Waals surface area contributed by atoms with Crippen molar-refractivity contribution in [1.29, 1.82) is 0 Å². The Kier molecular flexibility index (Phi) is 6.26. The topological polar surface area (TPSA) is 75.6 Å². The number of aryl methyl sites for hydroxylation is 1. The summed E-state index contributed by atoms with van der Waals surface area (Å²) in [6, 6.07) is 6.64. The molecule has 0 saturated carbocycles. The number of methoxy groups -OCH3 is 1. The van der Waals surface area contributed by atoms with Gasteiger partial charge in [0, 0.05) is 45.3 Å². The van der Waals surface area contributed by atoms with Gasteiger partial charge in [0.15, 0.2) is 0 Å². The zero-order valence-electron chi connectivity index (χ0n) is 16.4. The Labute approximate surface area is 165 Å². The summed E-state index contributed by atoms with van der Waals surface area (Å²) in [6.07, 6.45) is 1.56. The predicted molar refractivity (Wildman–Crippen MR) is 105 cm³/mol. The fourth-order valence-electron chi connectivity index (χ4n) is 3.40. The second kappa shape index (κ2) is 8.50. The van der Waals surface area contributed by atoms with Gasteiger partial charge in [-0.2, -0.15) is 4.31 Å². The van der Waals surface area contributed by atoms with Crippen LogP contribution in [0.4, 0.5) is 10.2 Å². The molecule has 1 aromatic heterocycles. The number of piperazine rings is 1. The summed E-state index contributed by atoms with van der Waals surface area (Å²) in [5.74, 6) is 1.04. The Bertz CT molecular complexity index is 944. The highest BCUT2D eigenvalue weighted by Gasteiger charge is 2.27. The monoisotopic (exact) mass is 408 g/mol. The second-order valence-corrected chi connectivity index (χ2v) is 8.85. The zero-order chi connectivity index (χ0) is 20.3. The molecule has 1 aliphatic rings. The van der Waals surface area contributed by atoms with Gasteiger partial charge in [-0.3, -0.25) is 0 Å². The van der Waals surface area contributed by atoms with Crippen molar-refractivity contribution in [3.8, 4) is 0 Å². The smallest absolute Gasteiger partial charge is 0.211 e. The number of rotatable bonds is 6. The van der Waals surface area contributed by atoms with Crippen molar-refractivity contribution in [1.82, 2.24) is 14.3 Å². The lowest BCUT2D eigenvalue weighted by molar-refractivity contribution is 0.180. The summed E-state index contributed by atoms with van der Waals surface area (Å²) >= 11 is 0. The van der Waals surface area contributed by atoms with Gasteiger partial charge in [0.1, 0.15) is 17.5 Å². The van der Waals surface area contributed by atoms with Crippen molar-refractivity contribution in [2.45, 2.75) is 20.0 Å². The van der Waals surface area contributed by atoms with Gasteiger partial charge in [-0.25, -0.2) is 22.8 Å². The molecule has 1 saturated heterocycles. The molecule has 0 amide bonds. The van der Waals surface area contributed by atoms with Gasteiger partial charge < -0.3 is 9.64 Å². The SMILES string of the molecule is COCc1nc(C)nc(N2CCN(S(C)(=O)=O)CC2)c1Cc1ccccc1F. The van der Waals surface area contributed by atoms with Crippen molar-refractivity contribution in [3.05, 3.63) is 52.7 Å². The fraction of sp³-hybridized carbons (Fsp3) is 0.474. The summed E-state index contributed by atoms with van der Waals surface area (Å²) in [6.45, 7) is 3.91. The summed E-state index contributed by atoms with van der Waals surface area (Å²) in [4.78, 5) is 11.2. The van der Waals surface area contributed by atoms with E-state index in [4.69, 9.17) is 4.74 Å². The third kappa shape index (κ3) is 4.65. The molecule has 0 aliphatic carbocycles. The van der Waals surface area contributed by atoms with E-state index in [2.05, 4.69) is 9.97 Å². The van der Waals surface area contributed by atoms with E-state index in [-0.39, 0.29) is 5.82 Å². The molecule has 1 aromatic carbocycles. The van der Waals surface area contributed by atoms with Gasteiger partial charge in [0.05, 0.1) is 18.6 Å². The van der Waals surface area contributed by atoms with E-state index in [9.17, 15) is 12.8 Å². The maximum absolute atomic E-state index is 14.3. The molecule has 2 aromatic rings. The third-order valence-corrected chi connectivity index (χ3v) is 6.10. The van der Waals surface area contributed by atoms with E-state index in [1.54, 1.807) is 25.3 Å². The van der Waals surface area contributed by atoms with Crippen LogP contribution in [0.3, 0.4) is 0 Å². The second-order valence-electron chi connectivity index (χ2n) is 6.87. The van der Waals surface area contributed by atoms with E-state index in [1.807, 2.05) is 11.8 Å². The van der Waals surface area contributed by atoms with Crippen molar-refractivity contribution in [2.75, 3.05) is 44.4 Å². The van der Waals surface area contributed by atoms with E-state index in [0.717, 1.165) is 17.1 Å². The standard InChI is InChI=1S/C19H25FN4O3S/c1-14-21-18(13-27-2)16(12-15-6-4-5-7-17(15)20)19(22-14)23-8-10-24(11-9-23)28(3,25)26/h4-7H,8-13H2,1-3H3. The first-order valence-corrected chi connectivity index (χ1v) is 10.9. The van der Waals surface area contributed by atoms with Crippen LogP contribution in [-0.4, -0.2) is 62.2 Å². The van der Waals surface area contributed by atoms with Crippen molar-refractivity contribution < 1.29 is 17.5 Å². The number of hydrogen-bond acceptors (Lipinski definition) is 6. The summed E-state index contributed by atoms with van der Waals surface area (Å²) in [5, 5.41) is 0. The van der Waals surface area contributed by atoms with E-state index in [0.29, 0.717) is 50.6 Å². The Morgan fingerprint density at radius 1 is 1.14 bits per heavy atom. The molecule has 3 rings (SSSR count). The van der Waals surface area contributed by atoms with Gasteiger partial charge in [0.2, 0.25) is 10.0 Å². The van der Waals surface area contributed by atoms with Gasteiger partial charge in [0.25, 0.3) is 0 Å². The highest BCUT2D eigenvalue weighted by Crippen LogP contribution is 2.27. The maximum Gasteiger partial charge on any atom is 0.211 e. The van der Waals surface area contributed by atoms with Gasteiger partial charge in [-0.15, -0.1) is 0 Å². The number of aromatic nitrogens is 2. The van der Waals surface area contributed by atoms with Gasteiger partial charge in [-0.1, -0.05) is 18.2 Å². The molecule has 1 fully saturated rings. The number of ether oxygens (including phenoxy) is 1. The molecular formula is C19H25FN4O3S. The summed E-state index contributed by atoms with van der Waals surface area (Å²) in [5.41, 5.74) is 2.09. The minimum absolute atomic E-state index is 0.278. The highest BCUT2D eigenvalue weighted by atomic mass is 32.2. The van der Waals surface area contributed by atoms with Crippen LogP contribution in [0.15, 0.2) is 24.3 Å². The summed E-state index contributed by atoms with van der Waals surface area (Å²) in [7, 11) is -1.62. The molecule has 1 aliphatic heterocycles. The number of anilines is 1. The molecule has 0 atom stereocenters. The Hall–Kier alpha value is -2.10. The Balaban J connectivity index is 1.97. The van der Waals surface area contributed by atoms with E-state index < -0.39 is 10.0 Å². The average Bonchev–Trinajstić information content (AvgIpc) is 2.65. The van der Waals surface area contributed by atoms with Crippen molar-refractivity contribution in [2.24, 2.45) is 0 Å². The van der Waals surface area contributed by atoms with Crippen LogP contribution in [0.1, 0.15) is 22.6 Å². The normalized spacial score (nSPS) is 15.8.